The van der Waals surface area contributed by atoms with Crippen molar-refractivity contribution in [1.29, 1.82) is 0 Å². The molecule has 0 spiro atoms. The van der Waals surface area contributed by atoms with Crippen LogP contribution in [0.25, 0.3) is 0 Å². The molecule has 0 radical (unpaired) electrons. The highest BCUT2D eigenvalue weighted by molar-refractivity contribution is 5.87. The van der Waals surface area contributed by atoms with Crippen LogP contribution in [0.3, 0.4) is 0 Å². The van der Waals surface area contributed by atoms with Crippen molar-refractivity contribution in [3.8, 4) is 0 Å². The van der Waals surface area contributed by atoms with E-state index in [4.69, 9.17) is 14.2 Å². The molecule has 1 aromatic carbocycles. The summed E-state index contributed by atoms with van der Waals surface area (Å²) < 4.78 is 16.1. The lowest BCUT2D eigenvalue weighted by molar-refractivity contribution is -0.160. The molecule has 0 bridgehead atoms. The van der Waals surface area contributed by atoms with Crippen LogP contribution in [0, 0.1) is 5.92 Å². The maximum Gasteiger partial charge on any atom is 0.410 e. The van der Waals surface area contributed by atoms with Gasteiger partial charge in [-0.05, 0) is 46.1 Å². The number of rotatable bonds is 5. The van der Waals surface area contributed by atoms with E-state index in [1.54, 1.807) is 32.6 Å². The highest BCUT2D eigenvalue weighted by Crippen LogP contribution is 2.24. The average Bonchev–Trinajstić information content (AvgIpc) is 2.86. The quantitative estimate of drug-likeness (QED) is 0.449. The summed E-state index contributed by atoms with van der Waals surface area (Å²) in [6.07, 6.45) is 0.0219. The van der Waals surface area contributed by atoms with Crippen molar-refractivity contribution in [3.05, 3.63) is 35.9 Å². The van der Waals surface area contributed by atoms with Gasteiger partial charge in [0.25, 0.3) is 0 Å². The van der Waals surface area contributed by atoms with Crippen molar-refractivity contribution < 1.29 is 33.4 Å². The van der Waals surface area contributed by atoms with Gasteiger partial charge in [-0.2, -0.15) is 0 Å². The van der Waals surface area contributed by atoms with Gasteiger partial charge in [0.1, 0.15) is 18.2 Å². The first-order chi connectivity index (χ1) is 17.1. The van der Waals surface area contributed by atoms with Crippen LogP contribution < -0.4 is 0 Å². The monoisotopic (exact) mass is 503 g/mol. The standard InChI is InChI=1S/C26H37N3O7/c1-5-34-23(31)21-17-28(25(33)36-26(2,3)4)15-16-29(21)22(30)20-11-13-27(14-12-20)24(32)35-18-19-9-7-6-8-10-19/h6-10,20-21H,5,11-18H2,1-4H3. The fourth-order valence-corrected chi connectivity index (χ4v) is 4.33. The molecule has 10 nitrogen and oxygen atoms in total. The molecule has 1 aromatic rings. The molecule has 3 amide bonds. The number of carbonyl (C=O) groups is 4. The fourth-order valence-electron chi connectivity index (χ4n) is 4.33. The average molecular weight is 504 g/mol. The molecule has 1 unspecified atom stereocenters. The summed E-state index contributed by atoms with van der Waals surface area (Å²) in [6, 6.07) is 8.56. The number of amides is 3. The fraction of sp³-hybridized carbons (Fsp3) is 0.615. The van der Waals surface area contributed by atoms with Gasteiger partial charge in [0, 0.05) is 32.1 Å². The number of hydrogen-bond donors (Lipinski definition) is 0. The Kier molecular flexibility index (Phi) is 9.17. The molecule has 0 N–H and O–H groups in total. The number of carbonyl (C=O) groups excluding carboxylic acids is 4. The molecule has 198 valence electrons. The third kappa shape index (κ3) is 7.35. The topological polar surface area (TPSA) is 106 Å². The summed E-state index contributed by atoms with van der Waals surface area (Å²) in [4.78, 5) is 55.7. The maximum atomic E-state index is 13.4. The van der Waals surface area contributed by atoms with Gasteiger partial charge in [0.2, 0.25) is 5.91 Å². The summed E-state index contributed by atoms with van der Waals surface area (Å²) in [5.41, 5.74) is 0.242. The van der Waals surface area contributed by atoms with E-state index in [2.05, 4.69) is 0 Å². The Morgan fingerprint density at radius 3 is 2.17 bits per heavy atom. The van der Waals surface area contributed by atoms with Crippen molar-refractivity contribution in [2.24, 2.45) is 5.92 Å². The Balaban J connectivity index is 1.56. The number of nitrogens with zero attached hydrogens (tertiary/aromatic N) is 3. The number of benzene rings is 1. The van der Waals surface area contributed by atoms with E-state index >= 15 is 0 Å². The molecule has 2 saturated heterocycles. The van der Waals surface area contributed by atoms with Crippen molar-refractivity contribution in [2.45, 2.75) is 58.8 Å². The number of piperidine rings is 1. The van der Waals surface area contributed by atoms with Crippen LogP contribution in [0.4, 0.5) is 9.59 Å². The normalized spacial score (nSPS) is 19.0. The second kappa shape index (κ2) is 12.1. The van der Waals surface area contributed by atoms with Crippen LogP contribution in [0.2, 0.25) is 0 Å². The van der Waals surface area contributed by atoms with E-state index in [0.29, 0.717) is 25.9 Å². The van der Waals surface area contributed by atoms with E-state index in [1.165, 1.54) is 9.80 Å². The van der Waals surface area contributed by atoms with Gasteiger partial charge in [-0.1, -0.05) is 30.3 Å². The van der Waals surface area contributed by atoms with E-state index in [1.807, 2.05) is 30.3 Å². The summed E-state index contributed by atoms with van der Waals surface area (Å²) in [7, 11) is 0. The van der Waals surface area contributed by atoms with Crippen molar-refractivity contribution in [1.82, 2.24) is 14.7 Å². The molecule has 36 heavy (non-hydrogen) atoms. The SMILES string of the molecule is CCOC(=O)C1CN(C(=O)OC(C)(C)C)CCN1C(=O)C1CCN(C(=O)OCc2ccccc2)CC1. The molecule has 0 saturated carbocycles. The summed E-state index contributed by atoms with van der Waals surface area (Å²) in [5, 5.41) is 0. The van der Waals surface area contributed by atoms with Crippen molar-refractivity contribution in [2.75, 3.05) is 39.3 Å². The predicted octanol–water partition coefficient (Wildman–Crippen LogP) is 3.05. The van der Waals surface area contributed by atoms with Gasteiger partial charge in [-0.25, -0.2) is 14.4 Å². The molecule has 3 rings (SSSR count). The molecule has 2 heterocycles. The minimum absolute atomic E-state index is 0.0180. The Morgan fingerprint density at radius 1 is 0.889 bits per heavy atom. The Labute approximate surface area is 212 Å². The zero-order valence-electron chi connectivity index (χ0n) is 21.6. The Hall–Kier alpha value is -3.30. The molecular weight excluding hydrogens is 466 g/mol. The lowest BCUT2D eigenvalue weighted by Crippen LogP contribution is -2.61. The van der Waals surface area contributed by atoms with E-state index in [0.717, 1.165) is 5.56 Å². The first-order valence-electron chi connectivity index (χ1n) is 12.5. The Bertz CT molecular complexity index is 923. The third-order valence-electron chi connectivity index (χ3n) is 6.18. The molecule has 2 fully saturated rings. The molecular formula is C26H37N3O7. The van der Waals surface area contributed by atoms with Crippen LogP contribution in [-0.4, -0.2) is 89.7 Å². The van der Waals surface area contributed by atoms with Crippen LogP contribution in [0.15, 0.2) is 30.3 Å². The van der Waals surface area contributed by atoms with Gasteiger partial charge in [0.05, 0.1) is 13.2 Å². The number of hydrogen-bond acceptors (Lipinski definition) is 7. The molecule has 10 heteroatoms. The zero-order chi connectivity index (χ0) is 26.3. The first-order valence-corrected chi connectivity index (χ1v) is 12.5. The lowest BCUT2D eigenvalue weighted by Gasteiger charge is -2.42. The van der Waals surface area contributed by atoms with Crippen LogP contribution in [-0.2, 0) is 30.4 Å². The van der Waals surface area contributed by atoms with E-state index < -0.39 is 29.8 Å². The Morgan fingerprint density at radius 2 is 1.56 bits per heavy atom. The highest BCUT2D eigenvalue weighted by Gasteiger charge is 2.41. The van der Waals surface area contributed by atoms with Gasteiger partial charge in [-0.15, -0.1) is 0 Å². The van der Waals surface area contributed by atoms with E-state index in [-0.39, 0.29) is 44.7 Å². The summed E-state index contributed by atoms with van der Waals surface area (Å²) >= 11 is 0. The largest absolute Gasteiger partial charge is 0.464 e. The maximum absolute atomic E-state index is 13.4. The number of esters is 1. The highest BCUT2D eigenvalue weighted by atomic mass is 16.6. The minimum Gasteiger partial charge on any atom is -0.464 e. The van der Waals surface area contributed by atoms with Gasteiger partial charge in [0.15, 0.2) is 0 Å². The van der Waals surface area contributed by atoms with Gasteiger partial charge in [-0.3, -0.25) is 4.79 Å². The van der Waals surface area contributed by atoms with Crippen LogP contribution in [0.5, 0.6) is 0 Å². The van der Waals surface area contributed by atoms with Crippen molar-refractivity contribution in [3.63, 3.8) is 0 Å². The molecule has 1 atom stereocenters. The van der Waals surface area contributed by atoms with Crippen molar-refractivity contribution >= 4 is 24.1 Å². The summed E-state index contributed by atoms with van der Waals surface area (Å²) in [6.45, 7) is 8.68. The van der Waals surface area contributed by atoms with Crippen LogP contribution >= 0.6 is 0 Å². The molecule has 0 aliphatic carbocycles. The minimum atomic E-state index is -0.896. The van der Waals surface area contributed by atoms with Gasteiger partial charge >= 0.3 is 18.2 Å². The van der Waals surface area contributed by atoms with E-state index in [9.17, 15) is 19.2 Å². The lowest BCUT2D eigenvalue weighted by atomic mass is 9.94. The summed E-state index contributed by atoms with van der Waals surface area (Å²) in [5.74, 6) is -1.02. The van der Waals surface area contributed by atoms with Crippen LogP contribution in [0.1, 0.15) is 46.1 Å². The first kappa shape index (κ1) is 27.3. The van der Waals surface area contributed by atoms with Gasteiger partial charge < -0.3 is 28.9 Å². The second-order valence-electron chi connectivity index (χ2n) is 10.0. The molecule has 2 aliphatic rings. The number of piperazine rings is 1. The second-order valence-corrected chi connectivity index (χ2v) is 10.0. The smallest absolute Gasteiger partial charge is 0.410 e. The predicted molar refractivity (Wildman–Crippen MR) is 131 cm³/mol. The molecule has 0 aromatic heterocycles. The number of ether oxygens (including phenoxy) is 3. The molecule has 2 aliphatic heterocycles. The third-order valence-corrected chi connectivity index (χ3v) is 6.18. The number of likely N-dealkylation sites (tertiary alicyclic amines) is 1. The zero-order valence-corrected chi connectivity index (χ0v) is 21.6.